The second kappa shape index (κ2) is 5.12. The monoisotopic (exact) mass is 275 g/mol. The van der Waals surface area contributed by atoms with Crippen LogP contribution in [0.2, 0.25) is 0 Å². The summed E-state index contributed by atoms with van der Waals surface area (Å²) in [6.07, 6.45) is 1.52. The quantitative estimate of drug-likeness (QED) is 0.478. The number of nitro groups is 1. The standard InChI is InChI=1S/C13H13N3O4/c1-8-14-10(13(17)15(8)2)6-9-4-5-12(20-3)11(7-9)16(18)19/h4-7H,1-3H3/b10-6+. The molecular formula is C13H13N3O4. The van der Waals surface area contributed by atoms with Gasteiger partial charge in [-0.15, -0.1) is 0 Å². The average molecular weight is 275 g/mol. The molecule has 104 valence electrons. The number of nitrogens with zero attached hydrogens (tertiary/aromatic N) is 3. The highest BCUT2D eigenvalue weighted by molar-refractivity contribution is 6.13. The lowest BCUT2D eigenvalue weighted by Crippen LogP contribution is -2.25. The van der Waals surface area contributed by atoms with E-state index >= 15 is 0 Å². The van der Waals surface area contributed by atoms with Gasteiger partial charge in [0.15, 0.2) is 5.75 Å². The van der Waals surface area contributed by atoms with E-state index in [2.05, 4.69) is 4.99 Å². The molecule has 0 fully saturated rings. The normalized spacial score (nSPS) is 16.6. The third-order valence-corrected chi connectivity index (χ3v) is 2.99. The molecule has 0 bridgehead atoms. The van der Waals surface area contributed by atoms with E-state index in [9.17, 15) is 14.9 Å². The number of rotatable bonds is 3. The number of carbonyl (C=O) groups excluding carboxylic acids is 1. The van der Waals surface area contributed by atoms with Gasteiger partial charge in [-0.1, -0.05) is 6.07 Å². The molecule has 0 saturated heterocycles. The van der Waals surface area contributed by atoms with Gasteiger partial charge in [0.2, 0.25) is 0 Å². The lowest BCUT2D eigenvalue weighted by molar-refractivity contribution is -0.385. The van der Waals surface area contributed by atoms with Gasteiger partial charge in [0.25, 0.3) is 5.91 Å². The van der Waals surface area contributed by atoms with Gasteiger partial charge in [0.1, 0.15) is 11.5 Å². The first kappa shape index (κ1) is 13.7. The first-order valence-corrected chi connectivity index (χ1v) is 5.81. The van der Waals surface area contributed by atoms with Crippen LogP contribution in [0.5, 0.6) is 5.75 Å². The zero-order valence-electron chi connectivity index (χ0n) is 11.3. The van der Waals surface area contributed by atoms with Gasteiger partial charge in [-0.25, -0.2) is 4.99 Å². The average Bonchev–Trinajstić information content (AvgIpc) is 2.66. The van der Waals surface area contributed by atoms with Crippen molar-refractivity contribution in [3.05, 3.63) is 39.6 Å². The van der Waals surface area contributed by atoms with E-state index in [1.54, 1.807) is 20.0 Å². The van der Waals surface area contributed by atoms with Crippen molar-refractivity contribution in [1.29, 1.82) is 0 Å². The van der Waals surface area contributed by atoms with Crippen LogP contribution in [-0.2, 0) is 4.79 Å². The Hall–Kier alpha value is -2.70. The number of aliphatic imine (C=N–C) groups is 1. The molecule has 0 spiro atoms. The highest BCUT2D eigenvalue weighted by Gasteiger charge is 2.24. The van der Waals surface area contributed by atoms with Crippen LogP contribution in [0.25, 0.3) is 6.08 Å². The van der Waals surface area contributed by atoms with Crippen LogP contribution in [0.1, 0.15) is 12.5 Å². The molecule has 2 rings (SSSR count). The highest BCUT2D eigenvalue weighted by Crippen LogP contribution is 2.29. The highest BCUT2D eigenvalue weighted by atomic mass is 16.6. The summed E-state index contributed by atoms with van der Waals surface area (Å²) in [4.78, 5) is 27.8. The van der Waals surface area contributed by atoms with E-state index in [1.807, 2.05) is 0 Å². The Bertz CT molecular complexity index is 649. The van der Waals surface area contributed by atoms with Crippen LogP contribution in [0.3, 0.4) is 0 Å². The molecule has 1 aliphatic heterocycles. The largest absolute Gasteiger partial charge is 0.490 e. The van der Waals surface area contributed by atoms with Crippen molar-refractivity contribution in [2.45, 2.75) is 6.92 Å². The van der Waals surface area contributed by atoms with Crippen LogP contribution < -0.4 is 4.74 Å². The maximum Gasteiger partial charge on any atom is 0.311 e. The number of methoxy groups -OCH3 is 1. The number of hydrogen-bond donors (Lipinski definition) is 0. The number of amides is 1. The van der Waals surface area contributed by atoms with Crippen molar-refractivity contribution in [2.75, 3.05) is 14.2 Å². The fourth-order valence-corrected chi connectivity index (χ4v) is 1.81. The maximum absolute atomic E-state index is 11.8. The molecule has 0 atom stereocenters. The molecule has 0 radical (unpaired) electrons. The Balaban J connectivity index is 2.43. The van der Waals surface area contributed by atoms with Gasteiger partial charge in [-0.2, -0.15) is 0 Å². The predicted octanol–water partition coefficient (Wildman–Crippen LogP) is 1.83. The number of likely N-dealkylation sites (N-methyl/N-ethyl adjacent to an activating group) is 1. The van der Waals surface area contributed by atoms with Gasteiger partial charge in [-0.05, 0) is 24.6 Å². The fraction of sp³-hybridized carbons (Fsp3) is 0.231. The van der Waals surface area contributed by atoms with Crippen LogP contribution in [0.15, 0.2) is 28.9 Å². The van der Waals surface area contributed by atoms with Crippen LogP contribution in [0.4, 0.5) is 5.69 Å². The third-order valence-electron chi connectivity index (χ3n) is 2.99. The summed E-state index contributed by atoms with van der Waals surface area (Å²) in [5.74, 6) is 0.525. The zero-order valence-corrected chi connectivity index (χ0v) is 11.3. The molecule has 1 aromatic rings. The molecular weight excluding hydrogens is 262 g/mol. The molecule has 0 unspecified atom stereocenters. The minimum atomic E-state index is -0.530. The van der Waals surface area contributed by atoms with Crippen LogP contribution >= 0.6 is 0 Å². The Labute approximate surface area is 115 Å². The number of benzene rings is 1. The van der Waals surface area contributed by atoms with Gasteiger partial charge in [0.05, 0.1) is 12.0 Å². The summed E-state index contributed by atoms with van der Waals surface area (Å²) in [7, 11) is 2.99. The first-order chi connectivity index (χ1) is 9.43. The van der Waals surface area contributed by atoms with Crippen LogP contribution in [0, 0.1) is 10.1 Å². The lowest BCUT2D eigenvalue weighted by atomic mass is 10.1. The third kappa shape index (κ3) is 2.37. The molecule has 1 amide bonds. The molecule has 0 aromatic heterocycles. The SMILES string of the molecule is COc1ccc(/C=C2/N=C(C)N(C)C2=O)cc1[N+](=O)[O-]. The van der Waals surface area contributed by atoms with Crippen molar-refractivity contribution in [3.8, 4) is 5.75 Å². The number of hydrogen-bond acceptors (Lipinski definition) is 5. The Morgan fingerprint density at radius 1 is 1.45 bits per heavy atom. The van der Waals surface area contributed by atoms with E-state index < -0.39 is 4.92 Å². The summed E-state index contributed by atoms with van der Waals surface area (Å²) in [6.45, 7) is 1.72. The molecule has 7 heteroatoms. The minimum absolute atomic E-state index is 0.152. The summed E-state index contributed by atoms with van der Waals surface area (Å²) in [6, 6.07) is 4.47. The van der Waals surface area contributed by atoms with Crippen molar-refractivity contribution in [3.63, 3.8) is 0 Å². The number of nitro benzene ring substituents is 1. The minimum Gasteiger partial charge on any atom is -0.490 e. The maximum atomic E-state index is 11.8. The molecule has 0 aliphatic carbocycles. The number of carbonyl (C=O) groups is 1. The Kier molecular flexibility index (Phi) is 3.51. The van der Waals surface area contributed by atoms with E-state index in [0.717, 1.165) is 0 Å². The smallest absolute Gasteiger partial charge is 0.311 e. The molecule has 20 heavy (non-hydrogen) atoms. The second-order valence-electron chi connectivity index (χ2n) is 4.24. The zero-order chi connectivity index (χ0) is 14.9. The number of amidine groups is 1. The van der Waals surface area contributed by atoms with Crippen LogP contribution in [-0.4, -0.2) is 35.7 Å². The second-order valence-corrected chi connectivity index (χ2v) is 4.24. The molecule has 0 saturated carbocycles. The number of ether oxygens (including phenoxy) is 1. The summed E-state index contributed by atoms with van der Waals surface area (Å²) < 4.78 is 4.92. The van der Waals surface area contributed by atoms with E-state index in [-0.39, 0.29) is 23.0 Å². The molecule has 7 nitrogen and oxygen atoms in total. The summed E-state index contributed by atoms with van der Waals surface area (Å²) in [5, 5.41) is 10.9. The summed E-state index contributed by atoms with van der Waals surface area (Å²) in [5.41, 5.74) is 0.624. The Morgan fingerprint density at radius 2 is 2.15 bits per heavy atom. The van der Waals surface area contributed by atoms with E-state index in [1.165, 1.54) is 30.2 Å². The van der Waals surface area contributed by atoms with Crippen molar-refractivity contribution in [2.24, 2.45) is 4.99 Å². The first-order valence-electron chi connectivity index (χ1n) is 5.81. The fourth-order valence-electron chi connectivity index (χ4n) is 1.81. The van der Waals surface area contributed by atoms with Gasteiger partial charge in [0, 0.05) is 13.1 Å². The Morgan fingerprint density at radius 3 is 2.65 bits per heavy atom. The van der Waals surface area contributed by atoms with Gasteiger partial charge < -0.3 is 4.74 Å². The predicted molar refractivity (Wildman–Crippen MR) is 73.5 cm³/mol. The van der Waals surface area contributed by atoms with Crippen molar-refractivity contribution >= 4 is 23.5 Å². The lowest BCUT2D eigenvalue weighted by Gasteiger charge is -2.06. The van der Waals surface area contributed by atoms with Gasteiger partial charge in [-0.3, -0.25) is 19.8 Å². The summed E-state index contributed by atoms with van der Waals surface area (Å²) >= 11 is 0. The topological polar surface area (TPSA) is 85.0 Å². The van der Waals surface area contributed by atoms with E-state index in [0.29, 0.717) is 11.4 Å². The van der Waals surface area contributed by atoms with Crippen molar-refractivity contribution < 1.29 is 14.5 Å². The van der Waals surface area contributed by atoms with E-state index in [4.69, 9.17) is 4.74 Å². The van der Waals surface area contributed by atoms with Crippen molar-refractivity contribution in [1.82, 2.24) is 4.90 Å². The molecule has 1 aliphatic rings. The molecule has 1 heterocycles. The van der Waals surface area contributed by atoms with Gasteiger partial charge >= 0.3 is 5.69 Å². The molecule has 0 N–H and O–H groups in total. The molecule has 1 aromatic carbocycles.